The van der Waals surface area contributed by atoms with E-state index >= 15 is 0 Å². The topological polar surface area (TPSA) is 57.6 Å². The summed E-state index contributed by atoms with van der Waals surface area (Å²) in [4.78, 5) is 27.2. The SMILES string of the molecule is CC1(C)CC(C)(C)N(C(=O)C2CCCCC2C(=O)O)Cc2ccccc21. The molecule has 1 aliphatic carbocycles. The molecule has 3 rings (SSSR count). The molecule has 2 aliphatic rings. The van der Waals surface area contributed by atoms with Gasteiger partial charge in [-0.25, -0.2) is 0 Å². The number of aliphatic carboxylic acids is 1. The van der Waals surface area contributed by atoms with Crippen LogP contribution in [0.1, 0.15) is 70.9 Å². The van der Waals surface area contributed by atoms with Crippen molar-refractivity contribution in [2.45, 2.75) is 77.3 Å². The second-order valence-corrected chi connectivity index (χ2v) is 9.29. The normalized spacial score (nSPS) is 27.3. The largest absolute Gasteiger partial charge is 0.481 e. The number of amides is 1. The van der Waals surface area contributed by atoms with Gasteiger partial charge in [0.25, 0.3) is 0 Å². The fraction of sp³-hybridized carbons (Fsp3) is 0.636. The van der Waals surface area contributed by atoms with E-state index in [-0.39, 0.29) is 16.9 Å². The molecule has 2 unspecified atom stereocenters. The summed E-state index contributed by atoms with van der Waals surface area (Å²) in [5, 5.41) is 9.61. The fourth-order valence-electron chi connectivity index (χ4n) is 5.27. The van der Waals surface area contributed by atoms with Gasteiger partial charge in [-0.05, 0) is 49.7 Å². The van der Waals surface area contributed by atoms with Crippen molar-refractivity contribution in [3.63, 3.8) is 0 Å². The first-order valence-corrected chi connectivity index (χ1v) is 9.76. The highest BCUT2D eigenvalue weighted by molar-refractivity contribution is 5.85. The molecule has 1 fully saturated rings. The number of fused-ring (bicyclic) bond motifs is 1. The Balaban J connectivity index is 1.98. The van der Waals surface area contributed by atoms with Crippen LogP contribution < -0.4 is 0 Å². The van der Waals surface area contributed by atoms with Gasteiger partial charge in [0, 0.05) is 12.1 Å². The number of carbonyl (C=O) groups is 2. The zero-order chi connectivity index (χ0) is 19.1. The molecule has 1 saturated carbocycles. The zero-order valence-corrected chi connectivity index (χ0v) is 16.4. The number of carboxylic acid groups (broad SMARTS) is 1. The van der Waals surface area contributed by atoms with Crippen LogP contribution in [0, 0.1) is 11.8 Å². The molecule has 0 bridgehead atoms. The second-order valence-electron chi connectivity index (χ2n) is 9.29. The van der Waals surface area contributed by atoms with Crippen molar-refractivity contribution in [3.8, 4) is 0 Å². The maximum Gasteiger partial charge on any atom is 0.307 e. The lowest BCUT2D eigenvalue weighted by molar-refractivity contribution is -0.155. The molecule has 0 spiro atoms. The van der Waals surface area contributed by atoms with Crippen LogP contribution in [0.15, 0.2) is 24.3 Å². The van der Waals surface area contributed by atoms with Gasteiger partial charge in [0.1, 0.15) is 0 Å². The highest BCUT2D eigenvalue weighted by atomic mass is 16.4. The fourth-order valence-corrected chi connectivity index (χ4v) is 5.27. The van der Waals surface area contributed by atoms with Crippen molar-refractivity contribution in [3.05, 3.63) is 35.4 Å². The van der Waals surface area contributed by atoms with Gasteiger partial charge in [0.2, 0.25) is 5.91 Å². The molecular formula is C22H31NO3. The number of carbonyl (C=O) groups excluding carboxylic acids is 1. The van der Waals surface area contributed by atoms with Crippen LogP contribution in [0.25, 0.3) is 0 Å². The van der Waals surface area contributed by atoms with Gasteiger partial charge in [-0.1, -0.05) is 51.0 Å². The predicted molar refractivity (Wildman–Crippen MR) is 102 cm³/mol. The van der Waals surface area contributed by atoms with Crippen LogP contribution in [0.5, 0.6) is 0 Å². The van der Waals surface area contributed by atoms with Crippen LogP contribution in [-0.2, 0) is 21.5 Å². The lowest BCUT2D eigenvalue weighted by Crippen LogP contribution is -2.52. The number of nitrogens with zero attached hydrogens (tertiary/aromatic N) is 1. The van der Waals surface area contributed by atoms with E-state index < -0.39 is 17.8 Å². The highest BCUT2D eigenvalue weighted by Gasteiger charge is 2.45. The molecule has 1 aliphatic heterocycles. The molecule has 142 valence electrons. The van der Waals surface area contributed by atoms with Crippen molar-refractivity contribution in [1.82, 2.24) is 4.90 Å². The van der Waals surface area contributed by atoms with Crippen molar-refractivity contribution >= 4 is 11.9 Å². The number of benzene rings is 1. The Morgan fingerprint density at radius 3 is 2.31 bits per heavy atom. The Morgan fingerprint density at radius 2 is 1.65 bits per heavy atom. The third-order valence-electron chi connectivity index (χ3n) is 6.35. The van der Waals surface area contributed by atoms with E-state index in [1.807, 2.05) is 11.0 Å². The van der Waals surface area contributed by atoms with E-state index in [1.165, 1.54) is 11.1 Å². The molecule has 1 aromatic rings. The van der Waals surface area contributed by atoms with Crippen LogP contribution in [0.3, 0.4) is 0 Å². The lowest BCUT2D eigenvalue weighted by Gasteiger charge is -2.43. The number of hydrogen-bond acceptors (Lipinski definition) is 2. The minimum absolute atomic E-state index is 0.0228. The van der Waals surface area contributed by atoms with E-state index in [2.05, 4.69) is 45.9 Å². The van der Waals surface area contributed by atoms with E-state index in [1.54, 1.807) is 0 Å². The Labute approximate surface area is 156 Å². The Hall–Kier alpha value is -1.84. The van der Waals surface area contributed by atoms with Crippen LogP contribution in [0.4, 0.5) is 0 Å². The third-order valence-corrected chi connectivity index (χ3v) is 6.35. The summed E-state index contributed by atoms with van der Waals surface area (Å²) in [6.45, 7) is 9.28. The molecule has 1 heterocycles. The summed E-state index contributed by atoms with van der Waals surface area (Å²) in [6, 6.07) is 8.36. The Kier molecular flexibility index (Phi) is 4.89. The molecule has 4 nitrogen and oxygen atoms in total. The van der Waals surface area contributed by atoms with Gasteiger partial charge in [0.05, 0.1) is 11.8 Å². The van der Waals surface area contributed by atoms with Gasteiger partial charge in [-0.2, -0.15) is 0 Å². The minimum atomic E-state index is -0.823. The van der Waals surface area contributed by atoms with E-state index in [4.69, 9.17) is 0 Å². The monoisotopic (exact) mass is 357 g/mol. The summed E-state index contributed by atoms with van der Waals surface area (Å²) in [7, 11) is 0. The van der Waals surface area contributed by atoms with E-state index in [0.717, 1.165) is 19.3 Å². The summed E-state index contributed by atoms with van der Waals surface area (Å²) in [6.07, 6.45) is 4.00. The molecule has 1 aromatic carbocycles. The molecule has 0 aromatic heterocycles. The number of carboxylic acids is 1. The average molecular weight is 357 g/mol. The predicted octanol–water partition coefficient (Wildman–Crippen LogP) is 4.37. The first kappa shape index (κ1) is 18.9. The van der Waals surface area contributed by atoms with E-state index in [9.17, 15) is 14.7 Å². The second kappa shape index (κ2) is 6.71. The summed E-state index contributed by atoms with van der Waals surface area (Å²) >= 11 is 0. The first-order valence-electron chi connectivity index (χ1n) is 9.76. The smallest absolute Gasteiger partial charge is 0.307 e. The van der Waals surface area contributed by atoms with Gasteiger partial charge in [0.15, 0.2) is 0 Å². The maximum absolute atomic E-state index is 13.5. The molecule has 26 heavy (non-hydrogen) atoms. The van der Waals surface area contributed by atoms with Gasteiger partial charge >= 0.3 is 5.97 Å². The molecule has 0 radical (unpaired) electrons. The van der Waals surface area contributed by atoms with Crippen LogP contribution in [0.2, 0.25) is 0 Å². The molecule has 4 heteroatoms. The van der Waals surface area contributed by atoms with Gasteiger partial charge in [-0.3, -0.25) is 9.59 Å². The third kappa shape index (κ3) is 3.38. The first-order chi connectivity index (χ1) is 12.1. The molecule has 1 N–H and O–H groups in total. The minimum Gasteiger partial charge on any atom is -0.481 e. The Bertz CT molecular complexity index is 707. The Morgan fingerprint density at radius 1 is 1.04 bits per heavy atom. The lowest BCUT2D eigenvalue weighted by atomic mass is 9.74. The van der Waals surface area contributed by atoms with Crippen molar-refractivity contribution in [2.24, 2.45) is 11.8 Å². The molecule has 1 amide bonds. The molecule has 0 saturated heterocycles. The standard InChI is InChI=1S/C22H31NO3/c1-21(2)14-22(3,4)23(13-15-9-5-8-12-18(15)21)19(24)16-10-6-7-11-17(16)20(25)26/h5,8-9,12,16-17H,6-7,10-11,13-14H2,1-4H3,(H,25,26). The van der Waals surface area contributed by atoms with Gasteiger partial charge in [-0.15, -0.1) is 0 Å². The molecular weight excluding hydrogens is 326 g/mol. The quantitative estimate of drug-likeness (QED) is 0.855. The summed E-state index contributed by atoms with van der Waals surface area (Å²) in [5.41, 5.74) is 2.12. The summed E-state index contributed by atoms with van der Waals surface area (Å²) < 4.78 is 0. The zero-order valence-electron chi connectivity index (χ0n) is 16.4. The maximum atomic E-state index is 13.5. The van der Waals surface area contributed by atoms with Crippen molar-refractivity contribution in [2.75, 3.05) is 0 Å². The van der Waals surface area contributed by atoms with Crippen LogP contribution >= 0.6 is 0 Å². The summed E-state index contributed by atoms with van der Waals surface area (Å²) in [5.74, 6) is -1.74. The molecule has 2 atom stereocenters. The average Bonchev–Trinajstić information content (AvgIpc) is 2.65. The van der Waals surface area contributed by atoms with Crippen LogP contribution in [-0.4, -0.2) is 27.4 Å². The van der Waals surface area contributed by atoms with Gasteiger partial charge < -0.3 is 10.0 Å². The number of hydrogen-bond donors (Lipinski definition) is 1. The number of rotatable bonds is 2. The van der Waals surface area contributed by atoms with Crippen molar-refractivity contribution < 1.29 is 14.7 Å². The van der Waals surface area contributed by atoms with Crippen molar-refractivity contribution in [1.29, 1.82) is 0 Å². The highest BCUT2D eigenvalue weighted by Crippen LogP contribution is 2.43. The van der Waals surface area contributed by atoms with E-state index in [0.29, 0.717) is 19.4 Å².